The number of rotatable bonds is 7. The summed E-state index contributed by atoms with van der Waals surface area (Å²) in [7, 11) is -4.21. The zero-order valence-corrected chi connectivity index (χ0v) is 25.0. The fraction of sp³-hybridized carbons (Fsp3) is 0.273. The van der Waals surface area contributed by atoms with E-state index < -0.39 is 39.7 Å². The molecule has 1 aromatic carbocycles. The molecule has 0 fully saturated rings. The maximum Gasteiger partial charge on any atom is 0.349 e. The van der Waals surface area contributed by atoms with Gasteiger partial charge in [0.2, 0.25) is 0 Å². The number of nitrogens with zero attached hydrogens (tertiary/aromatic N) is 2. The number of imide groups is 2. The Morgan fingerprint density at radius 3 is 1.71 bits per heavy atom. The molecule has 41 heavy (non-hydrogen) atoms. The number of nitrogens with two attached hydrogens (primary N) is 2. The van der Waals surface area contributed by atoms with Crippen molar-refractivity contribution in [1.82, 2.24) is 10.6 Å². The smallest absolute Gasteiger partial charge is 0.349 e. The van der Waals surface area contributed by atoms with Crippen LogP contribution in [0.2, 0.25) is 0 Å². The van der Waals surface area contributed by atoms with E-state index in [4.69, 9.17) is 20.8 Å². The second kappa shape index (κ2) is 11.4. The van der Waals surface area contributed by atoms with Crippen LogP contribution in [0.25, 0.3) is 0 Å². The van der Waals surface area contributed by atoms with E-state index in [0.29, 0.717) is 30.4 Å². The van der Waals surface area contributed by atoms with Crippen LogP contribution in [0.15, 0.2) is 49.2 Å². The molecule has 0 bridgehead atoms. The van der Waals surface area contributed by atoms with Crippen molar-refractivity contribution in [2.75, 3.05) is 12.4 Å². The normalized spacial score (nSPS) is 22.2. The third-order valence-electron chi connectivity index (χ3n) is 5.70. The Morgan fingerprint density at radius 1 is 0.829 bits per heavy atom. The lowest BCUT2D eigenvalue weighted by Gasteiger charge is -2.17. The maximum absolute atomic E-state index is 12.7. The first-order valence-electron chi connectivity index (χ1n) is 11.8. The molecule has 4 heterocycles. The van der Waals surface area contributed by atoms with Crippen molar-refractivity contribution in [2.45, 2.75) is 45.8 Å². The van der Waals surface area contributed by atoms with E-state index in [0.717, 1.165) is 21.8 Å². The lowest BCUT2D eigenvalue weighted by atomic mass is 10.1. The molecule has 1 aromatic rings. The second-order valence-corrected chi connectivity index (χ2v) is 14.8. The highest BCUT2D eigenvalue weighted by molar-refractivity contribution is 8.26. The molecular formula is C22H20N6O8S5. The van der Waals surface area contributed by atoms with Crippen molar-refractivity contribution in [1.29, 1.82) is 0 Å². The zero-order valence-electron chi connectivity index (χ0n) is 20.9. The number of amidine groups is 2. The largest absolute Gasteiger partial charge is 0.491 e. The summed E-state index contributed by atoms with van der Waals surface area (Å²) >= 11 is 4.91. The highest BCUT2D eigenvalue weighted by Gasteiger charge is 2.40. The molecule has 14 nitrogen and oxygen atoms in total. The first kappa shape index (κ1) is 29.5. The third kappa shape index (κ3) is 5.86. The molecule has 0 saturated heterocycles. The van der Waals surface area contributed by atoms with Crippen molar-refractivity contribution < 1.29 is 36.9 Å². The molecule has 0 unspecified atom stereocenters. The minimum Gasteiger partial charge on any atom is -0.491 e. The van der Waals surface area contributed by atoms with Crippen molar-refractivity contribution >= 4 is 92.7 Å². The average molecular weight is 657 g/mol. The molecule has 19 heteroatoms. The lowest BCUT2D eigenvalue weighted by Crippen LogP contribution is -2.40. The predicted molar refractivity (Wildman–Crippen MR) is 155 cm³/mol. The number of ether oxygens (including phenoxy) is 1. The van der Waals surface area contributed by atoms with Gasteiger partial charge in [-0.1, -0.05) is 60.4 Å². The first-order chi connectivity index (χ1) is 19.4. The summed E-state index contributed by atoms with van der Waals surface area (Å²) in [5.74, 6) is -1.95. The predicted octanol–water partition coefficient (Wildman–Crippen LogP) is 2.33. The summed E-state index contributed by atoms with van der Waals surface area (Å²) in [5.41, 5.74) is 12.9. The van der Waals surface area contributed by atoms with Gasteiger partial charge in [-0.05, 0) is 18.4 Å². The van der Waals surface area contributed by atoms with Crippen molar-refractivity contribution in [3.63, 3.8) is 0 Å². The van der Waals surface area contributed by atoms with Crippen molar-refractivity contribution in [2.24, 2.45) is 21.5 Å². The van der Waals surface area contributed by atoms with E-state index in [1.165, 1.54) is 47.0 Å². The Bertz CT molecular complexity index is 1580. The number of carbonyl (C=O) groups is 4. The molecule has 4 aliphatic heterocycles. The molecule has 6 amide bonds. The van der Waals surface area contributed by atoms with Gasteiger partial charge >= 0.3 is 12.1 Å². The first-order valence-corrected chi connectivity index (χ1v) is 16.7. The minimum absolute atomic E-state index is 0.00908. The SMILES string of the molecule is CCCc1c2c(c(OCCCS(=O)(=O)O)c3c1S/C(=C1\C(=O)NC(=O)N=C1N)S3)S/C(=C1\C(=O)NC(=O)N=C1N)S2. The van der Waals surface area contributed by atoms with E-state index in [-0.39, 0.29) is 35.8 Å². The summed E-state index contributed by atoms with van der Waals surface area (Å²) in [6.07, 6.45) is 1.35. The number of benzene rings is 1. The van der Waals surface area contributed by atoms with Crippen LogP contribution in [0.5, 0.6) is 5.75 Å². The maximum atomic E-state index is 12.7. The van der Waals surface area contributed by atoms with Crippen LogP contribution in [0.1, 0.15) is 25.3 Å². The van der Waals surface area contributed by atoms with Crippen LogP contribution in [0.4, 0.5) is 9.59 Å². The van der Waals surface area contributed by atoms with Gasteiger partial charge in [0.05, 0.1) is 30.6 Å². The van der Waals surface area contributed by atoms with Crippen LogP contribution < -0.4 is 26.8 Å². The number of aliphatic imine (C=N–C) groups is 2. The van der Waals surface area contributed by atoms with Crippen molar-refractivity contribution in [3.05, 3.63) is 25.2 Å². The van der Waals surface area contributed by atoms with Crippen molar-refractivity contribution in [3.8, 4) is 5.75 Å². The summed E-state index contributed by atoms with van der Waals surface area (Å²) in [5, 5.41) is 4.26. The molecule has 4 aliphatic rings. The highest BCUT2D eigenvalue weighted by atomic mass is 32.2. The fourth-order valence-electron chi connectivity index (χ4n) is 4.06. The number of hydrogen-bond acceptors (Lipinski definition) is 13. The molecule has 0 atom stereocenters. The van der Waals surface area contributed by atoms with Crippen LogP contribution in [-0.4, -0.2) is 60.9 Å². The summed E-state index contributed by atoms with van der Waals surface area (Å²) < 4.78 is 38.7. The van der Waals surface area contributed by atoms with E-state index in [1.807, 2.05) is 6.92 Å². The second-order valence-electron chi connectivity index (χ2n) is 8.61. The molecule has 0 radical (unpaired) electrons. The molecule has 216 valence electrons. The van der Waals surface area contributed by atoms with Gasteiger partial charge in [0.15, 0.2) is 0 Å². The molecule has 5 rings (SSSR count). The van der Waals surface area contributed by atoms with Gasteiger partial charge in [-0.25, -0.2) is 9.59 Å². The lowest BCUT2D eigenvalue weighted by molar-refractivity contribution is -0.116. The monoisotopic (exact) mass is 656 g/mol. The molecule has 0 spiro atoms. The highest BCUT2D eigenvalue weighted by Crippen LogP contribution is 2.66. The Labute approximate surface area is 249 Å². The number of fused-ring (bicyclic) bond motifs is 2. The Kier molecular flexibility index (Phi) is 8.18. The Hall–Kier alpha value is -2.97. The standard InChI is InChI=1S/C22H20N6O8S5/c1-2-4-7-11-13(39-19(37-11)8-15(23)25-21(31)27-17(8)29)10(36-5-3-6-41(33,34)35)14-12(7)38-20(40-14)9-16(24)26-22(32)28-18(9)30/h2-6H2,1H3,(H,33,34,35)(H3,23,25,27,29,31)(H3,24,26,28,30,32)/b19-8-,20-9+. The van der Waals surface area contributed by atoms with Gasteiger partial charge in [-0.2, -0.15) is 18.4 Å². The summed E-state index contributed by atoms with van der Waals surface area (Å²) in [6, 6.07) is -1.72. The summed E-state index contributed by atoms with van der Waals surface area (Å²) in [6.45, 7) is 1.92. The molecule has 0 aliphatic carbocycles. The number of carbonyl (C=O) groups excluding carboxylic acids is 4. The topological polar surface area (TPSA) is 233 Å². The van der Waals surface area contributed by atoms with E-state index >= 15 is 0 Å². The average Bonchev–Trinajstić information content (AvgIpc) is 3.46. The molecule has 7 N–H and O–H groups in total. The Balaban J connectivity index is 1.64. The number of urea groups is 2. The van der Waals surface area contributed by atoms with Gasteiger partial charge in [0, 0.05) is 9.79 Å². The quantitative estimate of drug-likeness (QED) is 0.161. The number of hydrogen-bond donors (Lipinski definition) is 5. The van der Waals surface area contributed by atoms with Gasteiger partial charge < -0.3 is 16.2 Å². The van der Waals surface area contributed by atoms with E-state index in [1.54, 1.807) is 0 Å². The molecular weight excluding hydrogens is 637 g/mol. The van der Waals surface area contributed by atoms with Gasteiger partial charge in [0.25, 0.3) is 21.9 Å². The van der Waals surface area contributed by atoms with Gasteiger partial charge in [-0.15, -0.1) is 0 Å². The van der Waals surface area contributed by atoms with E-state index in [2.05, 4.69) is 20.6 Å². The third-order valence-corrected chi connectivity index (χ3v) is 11.8. The van der Waals surface area contributed by atoms with Crippen LogP contribution in [0, 0.1) is 0 Å². The zero-order chi connectivity index (χ0) is 29.6. The number of amides is 6. The molecule has 0 saturated carbocycles. The Morgan fingerprint density at radius 2 is 1.29 bits per heavy atom. The molecule has 0 aromatic heterocycles. The minimum atomic E-state index is -4.21. The fourth-order valence-corrected chi connectivity index (χ4v) is 10.4. The number of nitrogens with one attached hydrogen (secondary N) is 2. The van der Waals surface area contributed by atoms with Crippen LogP contribution >= 0.6 is 47.0 Å². The number of thioether (sulfide) groups is 4. The van der Waals surface area contributed by atoms with Crippen LogP contribution in [-0.2, 0) is 26.1 Å². The summed E-state index contributed by atoms with van der Waals surface area (Å²) in [4.78, 5) is 58.7. The van der Waals surface area contributed by atoms with E-state index in [9.17, 15) is 27.6 Å². The van der Waals surface area contributed by atoms with Gasteiger partial charge in [-0.3, -0.25) is 24.8 Å². The van der Waals surface area contributed by atoms with Crippen LogP contribution in [0.3, 0.4) is 0 Å². The van der Waals surface area contributed by atoms with Gasteiger partial charge in [0.1, 0.15) is 28.6 Å².